The van der Waals surface area contributed by atoms with Crippen molar-refractivity contribution in [3.8, 4) is 23.0 Å². The van der Waals surface area contributed by atoms with Gasteiger partial charge in [-0.15, -0.1) is 0 Å². The molecule has 2 aromatic rings. The van der Waals surface area contributed by atoms with Crippen molar-refractivity contribution in [2.24, 2.45) is 11.8 Å². The third kappa shape index (κ3) is 7.93. The minimum absolute atomic E-state index is 0.0597. The van der Waals surface area contributed by atoms with E-state index in [2.05, 4.69) is 19.2 Å². The molecular formula is C26H35NO5. The van der Waals surface area contributed by atoms with Crippen LogP contribution in [0.25, 0.3) is 0 Å². The Morgan fingerprint density at radius 2 is 1.72 bits per heavy atom. The van der Waals surface area contributed by atoms with Crippen molar-refractivity contribution in [1.29, 1.82) is 0 Å². The van der Waals surface area contributed by atoms with Crippen LogP contribution >= 0.6 is 0 Å². The molecule has 3 N–H and O–H groups in total. The lowest BCUT2D eigenvalue weighted by atomic mass is 9.88. The lowest BCUT2D eigenvalue weighted by molar-refractivity contribution is -0.114. The number of ether oxygens (including phenoxy) is 2. The fourth-order valence-corrected chi connectivity index (χ4v) is 3.32. The van der Waals surface area contributed by atoms with Gasteiger partial charge < -0.3 is 25.0 Å². The smallest absolute Gasteiger partial charge is 0.161 e. The average molecular weight is 442 g/mol. The molecule has 2 rings (SSSR count). The van der Waals surface area contributed by atoms with E-state index in [1.807, 2.05) is 25.3 Å². The molecule has 0 aliphatic heterocycles. The highest BCUT2D eigenvalue weighted by molar-refractivity contribution is 5.89. The molecule has 0 unspecified atom stereocenters. The monoisotopic (exact) mass is 441 g/mol. The molecule has 32 heavy (non-hydrogen) atoms. The maximum atomic E-state index is 12.4. The number of nitrogens with one attached hydrogen (secondary N) is 1. The van der Waals surface area contributed by atoms with E-state index in [0.717, 1.165) is 17.5 Å². The predicted octanol–water partition coefficient (Wildman–Crippen LogP) is 4.28. The van der Waals surface area contributed by atoms with Gasteiger partial charge in [0.25, 0.3) is 0 Å². The Hall–Kier alpha value is -2.99. The maximum absolute atomic E-state index is 12.4. The van der Waals surface area contributed by atoms with Crippen LogP contribution in [0.3, 0.4) is 0 Å². The Balaban J connectivity index is 1.97. The van der Waals surface area contributed by atoms with Gasteiger partial charge in [0.05, 0.1) is 7.11 Å². The van der Waals surface area contributed by atoms with Crippen LogP contribution in [0.4, 0.5) is 0 Å². The molecule has 0 radical (unpaired) electrons. The van der Waals surface area contributed by atoms with Gasteiger partial charge in [-0.1, -0.05) is 32.1 Å². The molecule has 0 aliphatic carbocycles. The van der Waals surface area contributed by atoms with Crippen LogP contribution in [0.5, 0.6) is 23.0 Å². The molecule has 174 valence electrons. The van der Waals surface area contributed by atoms with Crippen molar-refractivity contribution in [2.45, 2.75) is 33.1 Å². The molecule has 0 fully saturated rings. The van der Waals surface area contributed by atoms with E-state index in [-0.39, 0.29) is 23.2 Å². The van der Waals surface area contributed by atoms with E-state index in [1.165, 1.54) is 7.11 Å². The fourth-order valence-electron chi connectivity index (χ4n) is 3.32. The molecule has 0 saturated heterocycles. The SMILES string of the molecule is CNCCOc1cc(C[C@H](C=CC(=O)CCc2ccc(O)c(OC)c2)C(C)C)ccc1O. The number of aryl methyl sites for hydroxylation is 1. The van der Waals surface area contributed by atoms with Gasteiger partial charge in [-0.25, -0.2) is 0 Å². The number of likely N-dealkylation sites (N-methyl/N-ethyl adjacent to an activating group) is 1. The number of carbonyl (C=O) groups is 1. The van der Waals surface area contributed by atoms with Crippen LogP contribution in [-0.4, -0.2) is 43.3 Å². The zero-order chi connectivity index (χ0) is 23.5. The maximum Gasteiger partial charge on any atom is 0.161 e. The van der Waals surface area contributed by atoms with Gasteiger partial charge in [0.1, 0.15) is 6.61 Å². The first kappa shape index (κ1) is 25.3. The van der Waals surface area contributed by atoms with Crippen molar-refractivity contribution in [3.05, 3.63) is 59.7 Å². The van der Waals surface area contributed by atoms with E-state index < -0.39 is 0 Å². The number of allylic oxidation sites excluding steroid dienone is 2. The topological polar surface area (TPSA) is 88.0 Å². The number of aromatic hydroxyl groups is 2. The van der Waals surface area contributed by atoms with Crippen LogP contribution in [-0.2, 0) is 17.6 Å². The summed E-state index contributed by atoms with van der Waals surface area (Å²) in [5.74, 6) is 1.70. The second-order valence-corrected chi connectivity index (χ2v) is 8.20. The lowest BCUT2D eigenvalue weighted by Crippen LogP contribution is -2.16. The highest BCUT2D eigenvalue weighted by Gasteiger charge is 2.14. The minimum atomic E-state index is 0.0597. The van der Waals surface area contributed by atoms with E-state index in [4.69, 9.17) is 9.47 Å². The second kappa shape index (κ2) is 12.8. The van der Waals surface area contributed by atoms with Crippen LogP contribution in [0.15, 0.2) is 48.6 Å². The van der Waals surface area contributed by atoms with Crippen molar-refractivity contribution < 1.29 is 24.5 Å². The highest BCUT2D eigenvalue weighted by atomic mass is 16.5. The molecule has 0 bridgehead atoms. The van der Waals surface area contributed by atoms with Gasteiger partial charge in [-0.3, -0.25) is 4.79 Å². The molecule has 2 aromatic carbocycles. The zero-order valence-electron chi connectivity index (χ0n) is 19.4. The third-order valence-corrected chi connectivity index (χ3v) is 5.40. The standard InChI is InChI=1S/C26H35NO5/c1-18(2)21(15-20-7-12-24(30)26(17-20)32-14-13-27-3)8-10-22(28)9-5-19-6-11-23(29)25(16-19)31-4/h6-8,10-12,16-18,21,27,29-30H,5,9,13-15H2,1-4H3/t21-/m0/s1. The summed E-state index contributed by atoms with van der Waals surface area (Å²) < 4.78 is 10.8. The summed E-state index contributed by atoms with van der Waals surface area (Å²) in [6, 6.07) is 10.6. The number of benzene rings is 2. The number of rotatable bonds is 13. The Kier molecular flexibility index (Phi) is 10.1. The number of hydrogen-bond acceptors (Lipinski definition) is 6. The third-order valence-electron chi connectivity index (χ3n) is 5.40. The first-order chi connectivity index (χ1) is 15.3. The summed E-state index contributed by atoms with van der Waals surface area (Å²) in [6.07, 6.45) is 5.38. The van der Waals surface area contributed by atoms with E-state index >= 15 is 0 Å². The van der Waals surface area contributed by atoms with Crippen molar-refractivity contribution in [1.82, 2.24) is 5.32 Å². The summed E-state index contributed by atoms with van der Waals surface area (Å²) in [5, 5.41) is 22.7. The summed E-state index contributed by atoms with van der Waals surface area (Å²) in [7, 11) is 3.35. The normalized spacial score (nSPS) is 12.3. The molecule has 0 saturated carbocycles. The molecule has 1 atom stereocenters. The molecule has 6 heteroatoms. The Labute approximate surface area is 190 Å². The molecule has 0 amide bonds. The van der Waals surface area contributed by atoms with Gasteiger partial charge in [-0.05, 0) is 73.2 Å². The molecule has 0 aliphatic rings. The average Bonchev–Trinajstić information content (AvgIpc) is 2.77. The Morgan fingerprint density at radius 1 is 1.06 bits per heavy atom. The largest absolute Gasteiger partial charge is 0.504 e. The van der Waals surface area contributed by atoms with Gasteiger partial charge >= 0.3 is 0 Å². The summed E-state index contributed by atoms with van der Waals surface area (Å²) in [4.78, 5) is 12.4. The summed E-state index contributed by atoms with van der Waals surface area (Å²) in [6.45, 7) is 5.43. The van der Waals surface area contributed by atoms with Gasteiger partial charge in [0, 0.05) is 13.0 Å². The van der Waals surface area contributed by atoms with E-state index in [1.54, 1.807) is 30.3 Å². The molecule has 0 heterocycles. The predicted molar refractivity (Wildman–Crippen MR) is 127 cm³/mol. The summed E-state index contributed by atoms with van der Waals surface area (Å²) >= 11 is 0. The number of hydrogen-bond donors (Lipinski definition) is 3. The van der Waals surface area contributed by atoms with Crippen molar-refractivity contribution in [2.75, 3.05) is 27.3 Å². The van der Waals surface area contributed by atoms with Crippen LogP contribution < -0.4 is 14.8 Å². The van der Waals surface area contributed by atoms with Gasteiger partial charge in [0.15, 0.2) is 28.8 Å². The summed E-state index contributed by atoms with van der Waals surface area (Å²) in [5.41, 5.74) is 1.99. The number of phenolic OH excluding ortho intramolecular Hbond substituents is 2. The lowest BCUT2D eigenvalue weighted by Gasteiger charge is -2.18. The quantitative estimate of drug-likeness (QED) is 0.318. The first-order valence-electron chi connectivity index (χ1n) is 11.0. The molecule has 6 nitrogen and oxygen atoms in total. The Bertz CT molecular complexity index is 907. The molecular weight excluding hydrogens is 406 g/mol. The Morgan fingerprint density at radius 3 is 2.38 bits per heavy atom. The molecule has 0 spiro atoms. The minimum Gasteiger partial charge on any atom is -0.504 e. The number of ketones is 1. The van der Waals surface area contributed by atoms with E-state index in [0.29, 0.717) is 43.4 Å². The highest BCUT2D eigenvalue weighted by Crippen LogP contribution is 2.29. The number of methoxy groups -OCH3 is 1. The van der Waals surface area contributed by atoms with Crippen LogP contribution in [0, 0.1) is 11.8 Å². The number of phenols is 2. The van der Waals surface area contributed by atoms with Gasteiger partial charge in [-0.2, -0.15) is 0 Å². The van der Waals surface area contributed by atoms with Gasteiger partial charge in [0.2, 0.25) is 0 Å². The second-order valence-electron chi connectivity index (χ2n) is 8.20. The first-order valence-corrected chi connectivity index (χ1v) is 11.0. The van der Waals surface area contributed by atoms with Crippen molar-refractivity contribution >= 4 is 5.78 Å². The van der Waals surface area contributed by atoms with Crippen LogP contribution in [0.1, 0.15) is 31.4 Å². The molecule has 0 aromatic heterocycles. The fraction of sp³-hybridized carbons (Fsp3) is 0.423. The van der Waals surface area contributed by atoms with Crippen LogP contribution in [0.2, 0.25) is 0 Å². The number of carbonyl (C=O) groups excluding carboxylic acids is 1. The zero-order valence-corrected chi connectivity index (χ0v) is 19.4. The van der Waals surface area contributed by atoms with E-state index in [9.17, 15) is 15.0 Å². The van der Waals surface area contributed by atoms with Crippen molar-refractivity contribution in [3.63, 3.8) is 0 Å².